The van der Waals surface area contributed by atoms with Crippen molar-refractivity contribution in [3.8, 4) is 0 Å². The third-order valence-electron chi connectivity index (χ3n) is 5.58. The van der Waals surface area contributed by atoms with Gasteiger partial charge in [0.05, 0.1) is 6.10 Å². The molecule has 0 saturated carbocycles. The molecule has 1 aromatic heterocycles. The number of carbonyl (C=O) groups is 1. The van der Waals surface area contributed by atoms with Crippen LogP contribution in [0.3, 0.4) is 0 Å². The monoisotopic (exact) mass is 310 g/mol. The number of benzene rings is 1. The van der Waals surface area contributed by atoms with Crippen molar-refractivity contribution in [3.63, 3.8) is 0 Å². The van der Waals surface area contributed by atoms with Crippen LogP contribution in [0.4, 0.5) is 0 Å². The van der Waals surface area contributed by atoms with E-state index in [2.05, 4.69) is 29.2 Å². The van der Waals surface area contributed by atoms with Gasteiger partial charge in [-0.15, -0.1) is 0 Å². The zero-order valence-corrected chi connectivity index (χ0v) is 13.4. The van der Waals surface area contributed by atoms with Crippen LogP contribution in [0.2, 0.25) is 0 Å². The highest BCUT2D eigenvalue weighted by Gasteiger charge is 2.46. The van der Waals surface area contributed by atoms with Crippen molar-refractivity contribution >= 4 is 5.91 Å². The number of aromatic amines is 1. The molecule has 1 saturated heterocycles. The first-order chi connectivity index (χ1) is 11.2. The SMILES string of the molecule is CO[C@@H]1CC2(CCN(C(=O)c3ccc[nH]3)CC2)c2ccccc21. The van der Waals surface area contributed by atoms with Crippen molar-refractivity contribution in [2.45, 2.75) is 30.8 Å². The van der Waals surface area contributed by atoms with Gasteiger partial charge in [0.2, 0.25) is 0 Å². The summed E-state index contributed by atoms with van der Waals surface area (Å²) in [5.41, 5.74) is 3.62. The molecule has 1 N–H and O–H groups in total. The summed E-state index contributed by atoms with van der Waals surface area (Å²) >= 11 is 0. The second-order valence-electron chi connectivity index (χ2n) is 6.67. The molecule has 1 amide bonds. The van der Waals surface area contributed by atoms with Gasteiger partial charge in [-0.1, -0.05) is 24.3 Å². The Hall–Kier alpha value is -2.07. The Labute approximate surface area is 136 Å². The Kier molecular flexibility index (Phi) is 3.49. The molecule has 1 aliphatic heterocycles. The predicted octanol–water partition coefficient (Wildman–Crippen LogP) is 3.28. The Morgan fingerprint density at radius 2 is 2.00 bits per heavy atom. The number of nitrogens with zero attached hydrogens (tertiary/aromatic N) is 1. The lowest BCUT2D eigenvalue weighted by Gasteiger charge is -2.40. The van der Waals surface area contributed by atoms with Crippen molar-refractivity contribution < 1.29 is 9.53 Å². The summed E-state index contributed by atoms with van der Waals surface area (Å²) in [6, 6.07) is 12.4. The molecule has 4 heteroatoms. The van der Waals surface area contributed by atoms with E-state index < -0.39 is 0 Å². The Morgan fingerprint density at radius 3 is 2.70 bits per heavy atom. The molecule has 2 aromatic rings. The lowest BCUT2D eigenvalue weighted by atomic mass is 9.73. The van der Waals surface area contributed by atoms with Crippen molar-refractivity contribution in [3.05, 3.63) is 59.4 Å². The van der Waals surface area contributed by atoms with Crippen LogP contribution in [0.1, 0.15) is 47.0 Å². The minimum atomic E-state index is 0.111. The number of carbonyl (C=O) groups excluding carboxylic acids is 1. The highest BCUT2D eigenvalue weighted by Crippen LogP contribution is 2.51. The highest BCUT2D eigenvalue weighted by atomic mass is 16.5. The molecule has 23 heavy (non-hydrogen) atoms. The molecule has 120 valence electrons. The molecular weight excluding hydrogens is 288 g/mol. The van der Waals surface area contributed by atoms with Gasteiger partial charge < -0.3 is 14.6 Å². The third kappa shape index (κ3) is 2.29. The van der Waals surface area contributed by atoms with Gasteiger partial charge in [-0.2, -0.15) is 0 Å². The average Bonchev–Trinajstić information content (AvgIpc) is 3.23. The maximum absolute atomic E-state index is 12.5. The van der Waals surface area contributed by atoms with E-state index in [1.165, 1.54) is 11.1 Å². The average molecular weight is 310 g/mol. The van der Waals surface area contributed by atoms with Gasteiger partial charge >= 0.3 is 0 Å². The summed E-state index contributed by atoms with van der Waals surface area (Å²) < 4.78 is 5.71. The normalized spacial score (nSPS) is 22.3. The number of rotatable bonds is 2. The van der Waals surface area contributed by atoms with E-state index in [0.29, 0.717) is 5.69 Å². The second kappa shape index (κ2) is 5.53. The van der Waals surface area contributed by atoms with E-state index in [1.807, 2.05) is 17.0 Å². The summed E-state index contributed by atoms with van der Waals surface area (Å²) in [6.45, 7) is 1.62. The largest absolute Gasteiger partial charge is 0.377 e. The van der Waals surface area contributed by atoms with E-state index >= 15 is 0 Å². The molecule has 2 heterocycles. The molecule has 1 aromatic carbocycles. The first kappa shape index (κ1) is 14.5. The Bertz CT molecular complexity index is 700. The van der Waals surface area contributed by atoms with Gasteiger partial charge in [0, 0.05) is 31.8 Å². The van der Waals surface area contributed by atoms with Gasteiger partial charge in [-0.05, 0) is 42.5 Å². The number of amides is 1. The smallest absolute Gasteiger partial charge is 0.270 e. The van der Waals surface area contributed by atoms with E-state index in [-0.39, 0.29) is 17.4 Å². The molecule has 0 radical (unpaired) electrons. The van der Waals surface area contributed by atoms with Crippen LogP contribution >= 0.6 is 0 Å². The van der Waals surface area contributed by atoms with Crippen LogP contribution in [0.15, 0.2) is 42.6 Å². The van der Waals surface area contributed by atoms with Gasteiger partial charge in [0.15, 0.2) is 0 Å². The number of H-pyrrole nitrogens is 1. The Balaban J connectivity index is 1.55. The molecule has 4 rings (SSSR count). The second-order valence-corrected chi connectivity index (χ2v) is 6.67. The summed E-state index contributed by atoms with van der Waals surface area (Å²) in [5.74, 6) is 0.111. The molecule has 2 aliphatic rings. The quantitative estimate of drug-likeness (QED) is 0.925. The first-order valence-electron chi connectivity index (χ1n) is 8.28. The number of piperidine rings is 1. The number of aromatic nitrogens is 1. The number of methoxy groups -OCH3 is 1. The fourth-order valence-electron chi connectivity index (χ4n) is 4.29. The number of hydrogen-bond donors (Lipinski definition) is 1. The molecule has 1 aliphatic carbocycles. The first-order valence-corrected chi connectivity index (χ1v) is 8.28. The molecule has 1 spiro atoms. The van der Waals surface area contributed by atoms with Crippen molar-refractivity contribution in [1.82, 2.24) is 9.88 Å². The van der Waals surface area contributed by atoms with Gasteiger partial charge in [0.25, 0.3) is 5.91 Å². The van der Waals surface area contributed by atoms with Crippen molar-refractivity contribution in [1.29, 1.82) is 0 Å². The van der Waals surface area contributed by atoms with Crippen molar-refractivity contribution in [2.75, 3.05) is 20.2 Å². The number of nitrogens with one attached hydrogen (secondary N) is 1. The predicted molar refractivity (Wildman–Crippen MR) is 88.4 cm³/mol. The van der Waals surface area contributed by atoms with Crippen LogP contribution in [-0.2, 0) is 10.2 Å². The van der Waals surface area contributed by atoms with Crippen LogP contribution < -0.4 is 0 Å². The lowest BCUT2D eigenvalue weighted by molar-refractivity contribution is 0.0555. The zero-order valence-electron chi connectivity index (χ0n) is 13.4. The highest BCUT2D eigenvalue weighted by molar-refractivity contribution is 5.92. The number of ether oxygens (including phenoxy) is 1. The van der Waals surface area contributed by atoms with Gasteiger partial charge in [-0.25, -0.2) is 0 Å². The van der Waals surface area contributed by atoms with Crippen LogP contribution in [0.5, 0.6) is 0 Å². The molecule has 0 bridgehead atoms. The number of likely N-dealkylation sites (tertiary alicyclic amines) is 1. The van der Waals surface area contributed by atoms with Crippen molar-refractivity contribution in [2.24, 2.45) is 0 Å². The number of hydrogen-bond acceptors (Lipinski definition) is 2. The maximum Gasteiger partial charge on any atom is 0.270 e. The van der Waals surface area contributed by atoms with Gasteiger partial charge in [-0.3, -0.25) is 4.79 Å². The Morgan fingerprint density at radius 1 is 1.22 bits per heavy atom. The van der Waals surface area contributed by atoms with E-state index in [4.69, 9.17) is 4.74 Å². The van der Waals surface area contributed by atoms with Crippen LogP contribution in [-0.4, -0.2) is 36.0 Å². The summed E-state index contributed by atoms with van der Waals surface area (Å²) in [6.07, 6.45) is 5.05. The van der Waals surface area contributed by atoms with Crippen LogP contribution in [0, 0.1) is 0 Å². The minimum absolute atomic E-state index is 0.111. The topological polar surface area (TPSA) is 45.3 Å². The number of fused-ring (bicyclic) bond motifs is 2. The fraction of sp³-hybridized carbons (Fsp3) is 0.421. The zero-order chi connectivity index (χ0) is 15.9. The van der Waals surface area contributed by atoms with E-state index in [1.54, 1.807) is 13.3 Å². The standard InChI is InChI=1S/C19H22N2O2/c1-23-17-13-19(15-6-3-2-5-14(15)17)8-11-21(12-9-19)18(22)16-7-4-10-20-16/h2-7,10,17,20H,8-9,11-13H2,1H3/t17-/m1/s1. The van der Waals surface area contributed by atoms with Crippen LogP contribution in [0.25, 0.3) is 0 Å². The summed E-state index contributed by atoms with van der Waals surface area (Å²) in [7, 11) is 1.80. The lowest BCUT2D eigenvalue weighted by Crippen LogP contribution is -2.44. The molecule has 4 nitrogen and oxygen atoms in total. The maximum atomic E-state index is 12.5. The summed E-state index contributed by atoms with van der Waals surface area (Å²) in [4.78, 5) is 17.5. The molecule has 1 atom stereocenters. The summed E-state index contributed by atoms with van der Waals surface area (Å²) in [5, 5.41) is 0. The van der Waals surface area contributed by atoms with Gasteiger partial charge in [0.1, 0.15) is 5.69 Å². The molecular formula is C19H22N2O2. The minimum Gasteiger partial charge on any atom is -0.377 e. The molecule has 1 fully saturated rings. The fourth-order valence-corrected chi connectivity index (χ4v) is 4.29. The van der Waals surface area contributed by atoms with E-state index in [0.717, 1.165) is 32.4 Å². The molecule has 0 unspecified atom stereocenters. The van der Waals surface area contributed by atoms with E-state index in [9.17, 15) is 4.79 Å². The third-order valence-corrected chi connectivity index (χ3v) is 5.58.